The third-order valence-electron chi connectivity index (χ3n) is 4.99. The fourth-order valence-electron chi connectivity index (χ4n) is 3.35. The van der Waals surface area contributed by atoms with Gasteiger partial charge in [-0.25, -0.2) is 9.78 Å². The zero-order valence-electron chi connectivity index (χ0n) is 17.2. The lowest BCUT2D eigenvalue weighted by atomic mass is 9.78. The summed E-state index contributed by atoms with van der Waals surface area (Å²) in [6.45, 7) is 8.41. The Hall–Kier alpha value is -2.58. The Balaban J connectivity index is 1.81. The first-order valence-corrected chi connectivity index (χ1v) is 10.7. The minimum atomic E-state index is -0.381. The highest BCUT2D eigenvalue weighted by atomic mass is 32.2. The van der Waals surface area contributed by atoms with Gasteiger partial charge >= 0.3 is 5.97 Å². The van der Waals surface area contributed by atoms with Gasteiger partial charge in [0, 0.05) is 23.1 Å². The molecule has 0 bridgehead atoms. The number of aromatic nitrogens is 1. The molecule has 4 nitrogen and oxygen atoms in total. The van der Waals surface area contributed by atoms with Gasteiger partial charge in [-0.15, -0.1) is 11.8 Å². The second kappa shape index (κ2) is 8.84. The summed E-state index contributed by atoms with van der Waals surface area (Å²) < 4.78 is 4.96. The zero-order valence-corrected chi connectivity index (χ0v) is 18.1. The number of esters is 1. The molecule has 0 saturated carbocycles. The summed E-state index contributed by atoms with van der Waals surface area (Å²) in [6, 6.07) is 9.57. The average Bonchev–Trinajstić information content (AvgIpc) is 2.71. The number of nitrogens with zero attached hydrogens (tertiary/aromatic N) is 1. The molecule has 1 aliphatic rings. The maximum absolute atomic E-state index is 12.2. The van der Waals surface area contributed by atoms with Gasteiger partial charge in [-0.05, 0) is 60.6 Å². The zero-order chi connectivity index (χ0) is 21.0. The Morgan fingerprint density at radius 2 is 2.00 bits per heavy atom. The van der Waals surface area contributed by atoms with E-state index in [4.69, 9.17) is 4.74 Å². The average molecular weight is 408 g/mol. The van der Waals surface area contributed by atoms with Crippen molar-refractivity contribution in [1.29, 1.82) is 0 Å². The van der Waals surface area contributed by atoms with E-state index in [-0.39, 0.29) is 16.6 Å². The monoisotopic (exact) mass is 407 g/mol. The number of hydrogen-bond acceptors (Lipinski definition) is 5. The number of thioether (sulfide) groups is 1. The third-order valence-corrected chi connectivity index (χ3v) is 6.31. The molecule has 0 saturated heterocycles. The van der Waals surface area contributed by atoms with Crippen molar-refractivity contribution in [2.24, 2.45) is 0 Å². The van der Waals surface area contributed by atoms with Gasteiger partial charge in [-0.1, -0.05) is 26.7 Å². The van der Waals surface area contributed by atoms with Crippen molar-refractivity contribution in [3.63, 3.8) is 0 Å². The van der Waals surface area contributed by atoms with E-state index in [1.165, 1.54) is 11.8 Å². The van der Waals surface area contributed by atoms with E-state index >= 15 is 0 Å². The highest BCUT2D eigenvalue weighted by molar-refractivity contribution is 8.00. The number of benzene rings is 1. The molecular formula is C24H25NO3S. The molecule has 1 aromatic heterocycles. The Labute approximate surface area is 176 Å². The summed E-state index contributed by atoms with van der Waals surface area (Å²) in [5.74, 6) is 6.15. The van der Waals surface area contributed by atoms with Gasteiger partial charge in [-0.3, -0.25) is 4.79 Å². The smallest absolute Gasteiger partial charge is 0.339 e. The molecule has 5 heteroatoms. The van der Waals surface area contributed by atoms with E-state index in [0.717, 1.165) is 16.9 Å². The Morgan fingerprint density at radius 3 is 2.66 bits per heavy atom. The number of pyridine rings is 1. The molecule has 1 atom stereocenters. The normalized spacial score (nSPS) is 16.9. The third kappa shape index (κ3) is 4.89. The van der Waals surface area contributed by atoms with Crippen LogP contribution >= 0.6 is 11.8 Å². The minimum Gasteiger partial charge on any atom is -0.462 e. The summed E-state index contributed by atoms with van der Waals surface area (Å²) in [6.07, 6.45) is 2.90. The molecule has 29 heavy (non-hydrogen) atoms. The summed E-state index contributed by atoms with van der Waals surface area (Å²) in [7, 11) is 0. The van der Waals surface area contributed by atoms with Gasteiger partial charge in [-0.2, -0.15) is 0 Å². The SMILES string of the molecule is CCOC(=O)c1ccc(C#Cc2ccc3c(c2)C(C)(C)CC(C(=O)CC)S3)nc1. The van der Waals surface area contributed by atoms with Crippen molar-refractivity contribution in [3.05, 3.63) is 58.9 Å². The summed E-state index contributed by atoms with van der Waals surface area (Å²) >= 11 is 1.67. The van der Waals surface area contributed by atoms with E-state index in [1.54, 1.807) is 30.8 Å². The molecular weight excluding hydrogens is 382 g/mol. The molecule has 2 aromatic rings. The first kappa shape index (κ1) is 21.1. The van der Waals surface area contributed by atoms with Crippen molar-refractivity contribution in [3.8, 4) is 11.8 Å². The highest BCUT2D eigenvalue weighted by Crippen LogP contribution is 2.46. The summed E-state index contributed by atoms with van der Waals surface area (Å²) in [5.41, 5.74) is 3.08. The lowest BCUT2D eigenvalue weighted by molar-refractivity contribution is -0.118. The van der Waals surface area contributed by atoms with Crippen LogP contribution in [0.4, 0.5) is 0 Å². The molecule has 0 aliphatic carbocycles. The Morgan fingerprint density at radius 1 is 1.21 bits per heavy atom. The number of carbonyl (C=O) groups is 2. The van der Waals surface area contributed by atoms with E-state index in [1.807, 2.05) is 13.0 Å². The van der Waals surface area contributed by atoms with Gasteiger partial charge in [0.25, 0.3) is 0 Å². The van der Waals surface area contributed by atoms with Gasteiger partial charge in [0.05, 0.1) is 17.4 Å². The molecule has 1 aliphatic heterocycles. The fraction of sp³-hybridized carbons (Fsp3) is 0.375. The molecule has 0 amide bonds. The van der Waals surface area contributed by atoms with Gasteiger partial charge < -0.3 is 4.74 Å². The van der Waals surface area contributed by atoms with Gasteiger partial charge in [0.2, 0.25) is 0 Å². The van der Waals surface area contributed by atoms with Crippen molar-refractivity contribution < 1.29 is 14.3 Å². The molecule has 0 N–H and O–H groups in total. The van der Waals surface area contributed by atoms with Crippen LogP contribution in [0, 0.1) is 11.8 Å². The Kier molecular flexibility index (Phi) is 6.44. The number of Topliss-reactive ketones (excluding diaryl/α,β-unsaturated/α-hetero) is 1. The number of ketones is 1. The molecule has 150 valence electrons. The fourth-order valence-corrected chi connectivity index (χ4v) is 5.07. The van der Waals surface area contributed by atoms with E-state index < -0.39 is 0 Å². The van der Waals surface area contributed by atoms with Crippen LogP contribution in [-0.4, -0.2) is 28.6 Å². The summed E-state index contributed by atoms with van der Waals surface area (Å²) in [4.78, 5) is 29.3. The van der Waals surface area contributed by atoms with Crippen molar-refractivity contribution in [2.45, 2.75) is 56.1 Å². The highest BCUT2D eigenvalue weighted by Gasteiger charge is 2.36. The van der Waals surface area contributed by atoms with E-state index in [9.17, 15) is 9.59 Å². The van der Waals surface area contributed by atoms with Crippen molar-refractivity contribution in [2.75, 3.05) is 6.61 Å². The van der Waals surface area contributed by atoms with E-state index in [2.05, 4.69) is 42.8 Å². The molecule has 3 rings (SSSR count). The number of carbonyl (C=O) groups excluding carboxylic acids is 2. The molecule has 0 spiro atoms. The lowest BCUT2D eigenvalue weighted by Crippen LogP contribution is -2.32. The molecule has 1 aromatic carbocycles. The number of rotatable bonds is 4. The molecule has 0 radical (unpaired) electrons. The second-order valence-electron chi connectivity index (χ2n) is 7.63. The topological polar surface area (TPSA) is 56.3 Å². The number of hydrogen-bond donors (Lipinski definition) is 0. The second-order valence-corrected chi connectivity index (χ2v) is 8.87. The van der Waals surface area contributed by atoms with Crippen molar-refractivity contribution >= 4 is 23.5 Å². The maximum Gasteiger partial charge on any atom is 0.339 e. The van der Waals surface area contributed by atoms with Crippen LogP contribution in [0.25, 0.3) is 0 Å². The number of ether oxygens (including phenoxy) is 1. The largest absolute Gasteiger partial charge is 0.462 e. The maximum atomic E-state index is 12.2. The van der Waals surface area contributed by atoms with Crippen LogP contribution in [-0.2, 0) is 14.9 Å². The quantitative estimate of drug-likeness (QED) is 0.539. The Bertz CT molecular complexity index is 983. The van der Waals surface area contributed by atoms with Gasteiger partial charge in [0.1, 0.15) is 11.5 Å². The predicted molar refractivity (Wildman–Crippen MR) is 115 cm³/mol. The van der Waals surface area contributed by atoms with Gasteiger partial charge in [0.15, 0.2) is 0 Å². The number of fused-ring (bicyclic) bond motifs is 1. The first-order valence-electron chi connectivity index (χ1n) is 9.83. The standard InChI is InChI=1S/C24H25NO3S/c1-5-20(26)22-14-24(3,4)19-13-16(8-12-21(19)29-22)7-10-18-11-9-17(15-25-18)23(27)28-6-2/h8-9,11-13,15,22H,5-6,14H2,1-4H3. The van der Waals surface area contributed by atoms with Crippen LogP contribution in [0.1, 0.15) is 67.7 Å². The molecule has 0 fully saturated rings. The van der Waals surface area contributed by atoms with Crippen LogP contribution < -0.4 is 0 Å². The van der Waals surface area contributed by atoms with Crippen molar-refractivity contribution in [1.82, 2.24) is 4.98 Å². The van der Waals surface area contributed by atoms with Crippen LogP contribution in [0.3, 0.4) is 0 Å². The minimum absolute atomic E-state index is 0.0292. The van der Waals surface area contributed by atoms with E-state index in [0.29, 0.717) is 30.1 Å². The summed E-state index contributed by atoms with van der Waals surface area (Å²) in [5, 5.41) is 0.0292. The first-order chi connectivity index (χ1) is 13.8. The molecule has 1 unspecified atom stereocenters. The predicted octanol–water partition coefficient (Wildman–Crippen LogP) is 4.78. The lowest BCUT2D eigenvalue weighted by Gasteiger charge is -2.36. The van der Waals surface area contributed by atoms with Crippen LogP contribution in [0.15, 0.2) is 41.4 Å². The van der Waals surface area contributed by atoms with Crippen LogP contribution in [0.2, 0.25) is 0 Å². The van der Waals surface area contributed by atoms with Crippen LogP contribution in [0.5, 0.6) is 0 Å². The molecule has 2 heterocycles.